The van der Waals surface area contributed by atoms with Crippen LogP contribution in [0.3, 0.4) is 0 Å². The van der Waals surface area contributed by atoms with Crippen LogP contribution in [0.5, 0.6) is 0 Å². The van der Waals surface area contributed by atoms with Gasteiger partial charge in [-0.25, -0.2) is 8.42 Å². The first-order chi connectivity index (χ1) is 9.70. The molecule has 0 bridgehead atoms. The van der Waals surface area contributed by atoms with Gasteiger partial charge in [-0.15, -0.1) is 0 Å². The molecule has 0 fully saturated rings. The van der Waals surface area contributed by atoms with Crippen molar-refractivity contribution >= 4 is 75.1 Å². The number of hydrogen-bond donors (Lipinski definition) is 2. The highest BCUT2D eigenvalue weighted by molar-refractivity contribution is 9.11. The summed E-state index contributed by atoms with van der Waals surface area (Å²) >= 11 is 15.5. The molecule has 112 valence electrons. The Labute approximate surface area is 150 Å². The molecule has 5 nitrogen and oxygen atoms in total. The zero-order chi connectivity index (χ0) is 15.8. The van der Waals surface area contributed by atoms with Crippen LogP contribution in [0.15, 0.2) is 47.5 Å². The smallest absolute Gasteiger partial charge is 0.266 e. The van der Waals surface area contributed by atoms with Gasteiger partial charge in [0.2, 0.25) is 0 Å². The van der Waals surface area contributed by atoms with E-state index in [-0.39, 0.29) is 9.92 Å². The van der Waals surface area contributed by atoms with E-state index in [1.165, 1.54) is 0 Å². The summed E-state index contributed by atoms with van der Waals surface area (Å²) in [4.78, 5) is 13.3. The van der Waals surface area contributed by atoms with Gasteiger partial charge < -0.3 is 4.98 Å². The maximum Gasteiger partial charge on any atom is 0.266 e. The predicted molar refractivity (Wildman–Crippen MR) is 92.4 cm³/mol. The van der Waals surface area contributed by atoms with Crippen molar-refractivity contribution in [3.05, 3.63) is 53.2 Å². The van der Waals surface area contributed by atoms with Crippen molar-refractivity contribution in [1.29, 1.82) is 0 Å². The van der Waals surface area contributed by atoms with Gasteiger partial charge in [0.15, 0.2) is 0 Å². The second kappa shape index (κ2) is 6.41. The van der Waals surface area contributed by atoms with Crippen LogP contribution in [0.2, 0.25) is 5.02 Å². The highest BCUT2D eigenvalue weighted by Gasteiger charge is 2.19. The number of rotatable bonds is 3. The van der Waals surface area contributed by atoms with Crippen LogP contribution >= 0.6 is 59.4 Å². The van der Waals surface area contributed by atoms with Crippen molar-refractivity contribution in [3.8, 4) is 0 Å². The molecule has 0 spiro atoms. The maximum atomic E-state index is 12.3. The third-order valence-electron chi connectivity index (χ3n) is 2.39. The second-order valence-electron chi connectivity index (χ2n) is 3.86. The number of benzene rings is 1. The van der Waals surface area contributed by atoms with Crippen LogP contribution in [0.4, 0.5) is 5.69 Å². The maximum absolute atomic E-state index is 12.3. The van der Waals surface area contributed by atoms with Crippen molar-refractivity contribution in [2.45, 2.75) is 4.90 Å². The van der Waals surface area contributed by atoms with E-state index < -0.39 is 15.6 Å². The van der Waals surface area contributed by atoms with Gasteiger partial charge in [0.05, 0.1) is 5.69 Å². The predicted octanol–water partition coefficient (Wildman–Crippen LogP) is 4.12. The average molecular weight is 521 g/mol. The van der Waals surface area contributed by atoms with Gasteiger partial charge in [-0.1, -0.05) is 27.5 Å². The van der Waals surface area contributed by atoms with Crippen LogP contribution in [0.25, 0.3) is 0 Å². The lowest BCUT2D eigenvalue weighted by Crippen LogP contribution is -2.16. The molecule has 0 aliphatic rings. The van der Waals surface area contributed by atoms with Crippen molar-refractivity contribution in [3.63, 3.8) is 0 Å². The second-order valence-corrected chi connectivity index (χ2v) is 8.58. The lowest BCUT2D eigenvalue weighted by Gasteiger charge is -2.12. The Bertz CT molecular complexity index is 844. The van der Waals surface area contributed by atoms with E-state index in [0.29, 0.717) is 14.6 Å². The fourth-order valence-corrected chi connectivity index (χ4v) is 5.48. The van der Waals surface area contributed by atoms with E-state index >= 15 is 0 Å². The first kappa shape index (κ1) is 17.0. The number of nitrogens with one attached hydrogen (secondary N) is 2. The van der Waals surface area contributed by atoms with Crippen LogP contribution in [-0.2, 0) is 10.0 Å². The SMILES string of the molecule is O=c1[nH]cc(S(=O)(=O)Nc2c(Br)cc(Br)cc2Br)cc1Cl. The molecule has 0 aliphatic carbocycles. The highest BCUT2D eigenvalue weighted by Crippen LogP contribution is 2.35. The first-order valence-electron chi connectivity index (χ1n) is 5.26. The molecule has 0 atom stereocenters. The Morgan fingerprint density at radius 2 is 1.67 bits per heavy atom. The van der Waals surface area contributed by atoms with Crippen LogP contribution < -0.4 is 10.3 Å². The molecule has 0 unspecified atom stereocenters. The molecule has 0 saturated heterocycles. The Kier molecular flexibility index (Phi) is 5.19. The third-order valence-corrected chi connectivity index (χ3v) is 5.70. The minimum atomic E-state index is -3.89. The first-order valence-corrected chi connectivity index (χ1v) is 9.50. The Morgan fingerprint density at radius 1 is 1.10 bits per heavy atom. The summed E-state index contributed by atoms with van der Waals surface area (Å²) in [5.74, 6) is 0. The number of pyridine rings is 1. The van der Waals surface area contributed by atoms with Crippen LogP contribution in [-0.4, -0.2) is 13.4 Å². The number of halogens is 4. The average Bonchev–Trinajstić information content (AvgIpc) is 2.37. The van der Waals surface area contributed by atoms with Crippen molar-refractivity contribution < 1.29 is 8.42 Å². The van der Waals surface area contributed by atoms with Gasteiger partial charge in [-0.05, 0) is 50.1 Å². The molecule has 1 aromatic carbocycles. The van der Waals surface area contributed by atoms with Gasteiger partial charge in [0, 0.05) is 19.6 Å². The molecular formula is C11H6Br3ClN2O3S. The summed E-state index contributed by atoms with van der Waals surface area (Å²) in [6, 6.07) is 4.48. The quantitative estimate of drug-likeness (QED) is 0.638. The summed E-state index contributed by atoms with van der Waals surface area (Å²) in [7, 11) is -3.89. The molecule has 21 heavy (non-hydrogen) atoms. The molecule has 0 radical (unpaired) electrons. The monoisotopic (exact) mass is 518 g/mol. The number of hydrogen-bond acceptors (Lipinski definition) is 3. The van der Waals surface area contributed by atoms with Crippen LogP contribution in [0.1, 0.15) is 0 Å². The standard InChI is InChI=1S/C11H6Br3ClN2O3S/c12-5-1-7(13)10(8(14)2-5)17-21(19,20)6-3-9(15)11(18)16-4-6/h1-4,17H,(H,16,18). The van der Waals surface area contributed by atoms with Crippen molar-refractivity contribution in [2.75, 3.05) is 4.72 Å². The molecule has 1 aromatic heterocycles. The molecule has 0 saturated carbocycles. The number of anilines is 1. The van der Waals surface area contributed by atoms with E-state index in [1.807, 2.05) is 0 Å². The number of H-pyrrole nitrogens is 1. The Morgan fingerprint density at radius 3 is 2.19 bits per heavy atom. The molecular weight excluding hydrogens is 515 g/mol. The summed E-state index contributed by atoms with van der Waals surface area (Å²) in [5.41, 5.74) is -0.220. The lowest BCUT2D eigenvalue weighted by atomic mass is 10.3. The third kappa shape index (κ3) is 3.89. The van der Waals surface area contributed by atoms with Crippen molar-refractivity contribution in [2.24, 2.45) is 0 Å². The zero-order valence-electron chi connectivity index (χ0n) is 9.95. The summed E-state index contributed by atoms with van der Waals surface area (Å²) in [5, 5.41) is -0.202. The molecule has 10 heteroatoms. The molecule has 2 rings (SSSR count). The molecule has 0 aliphatic heterocycles. The van der Waals surface area contributed by atoms with Gasteiger partial charge in [0.1, 0.15) is 9.92 Å². The van der Waals surface area contributed by atoms with E-state index in [9.17, 15) is 13.2 Å². The summed E-state index contributed by atoms with van der Waals surface area (Å²) in [6.45, 7) is 0. The zero-order valence-corrected chi connectivity index (χ0v) is 16.3. The minimum absolute atomic E-state index is 0.145. The topological polar surface area (TPSA) is 79.0 Å². The number of sulfonamides is 1. The van der Waals surface area contributed by atoms with E-state index in [4.69, 9.17) is 11.6 Å². The Balaban J connectivity index is 2.47. The van der Waals surface area contributed by atoms with E-state index in [1.54, 1.807) is 12.1 Å². The van der Waals surface area contributed by atoms with E-state index in [2.05, 4.69) is 57.5 Å². The number of aromatic nitrogens is 1. The largest absolute Gasteiger partial charge is 0.326 e. The highest BCUT2D eigenvalue weighted by atomic mass is 79.9. The van der Waals surface area contributed by atoms with Crippen LogP contribution in [0, 0.1) is 0 Å². The fraction of sp³-hybridized carbons (Fsp3) is 0. The summed E-state index contributed by atoms with van der Waals surface area (Å²) < 4.78 is 28.9. The number of aromatic amines is 1. The molecule has 1 heterocycles. The fourth-order valence-electron chi connectivity index (χ4n) is 1.43. The summed E-state index contributed by atoms with van der Waals surface area (Å²) in [6.07, 6.45) is 1.08. The molecule has 2 aromatic rings. The van der Waals surface area contributed by atoms with Gasteiger partial charge in [-0.2, -0.15) is 0 Å². The van der Waals surface area contributed by atoms with Gasteiger partial charge in [-0.3, -0.25) is 9.52 Å². The van der Waals surface area contributed by atoms with Gasteiger partial charge >= 0.3 is 0 Å². The van der Waals surface area contributed by atoms with E-state index in [0.717, 1.165) is 16.7 Å². The van der Waals surface area contributed by atoms with Gasteiger partial charge in [0.25, 0.3) is 15.6 Å². The normalized spacial score (nSPS) is 11.4. The van der Waals surface area contributed by atoms with Crippen molar-refractivity contribution in [1.82, 2.24) is 4.98 Å². The Hall–Kier alpha value is -0.350. The minimum Gasteiger partial charge on any atom is -0.326 e. The lowest BCUT2D eigenvalue weighted by molar-refractivity contribution is 0.600. The molecule has 0 amide bonds. The molecule has 2 N–H and O–H groups in total.